The van der Waals surface area contributed by atoms with Gasteiger partial charge >= 0.3 is 0 Å². The molecule has 202 valence electrons. The van der Waals surface area contributed by atoms with E-state index in [-0.39, 0.29) is 0 Å². The Balaban J connectivity index is 0.00000131. The quantitative estimate of drug-likeness (QED) is 0.213. The van der Waals surface area contributed by atoms with Gasteiger partial charge in [0.2, 0.25) is 0 Å². The average Bonchev–Trinajstić information content (AvgIpc) is 3.57. The molecule has 9 rings (SSSR count). The molecule has 3 heteroatoms. The number of fused-ring (bicyclic) bond motifs is 8. The van der Waals surface area contributed by atoms with Crippen molar-refractivity contribution in [2.24, 2.45) is 0 Å². The highest BCUT2D eigenvalue weighted by Crippen LogP contribution is 2.41. The van der Waals surface area contributed by atoms with E-state index in [2.05, 4.69) is 143 Å². The molecule has 8 aromatic rings. The summed E-state index contributed by atoms with van der Waals surface area (Å²) in [7, 11) is 0. The van der Waals surface area contributed by atoms with Gasteiger partial charge in [-0.1, -0.05) is 86.6 Å². The van der Waals surface area contributed by atoms with Crippen LogP contribution in [-0.4, -0.2) is 9.13 Å². The van der Waals surface area contributed by atoms with Gasteiger partial charge in [-0.25, -0.2) is 0 Å². The molecule has 42 heavy (non-hydrogen) atoms. The van der Waals surface area contributed by atoms with E-state index in [0.717, 1.165) is 29.3 Å². The van der Waals surface area contributed by atoms with Crippen molar-refractivity contribution in [1.82, 2.24) is 9.13 Å². The summed E-state index contributed by atoms with van der Waals surface area (Å²) in [4.78, 5) is 0. The van der Waals surface area contributed by atoms with Crippen molar-refractivity contribution in [3.8, 4) is 22.9 Å². The highest BCUT2D eigenvalue weighted by Gasteiger charge is 2.21. The third-order valence-corrected chi connectivity index (χ3v) is 8.37. The molecule has 0 bridgehead atoms. The largest absolute Gasteiger partial charge is 0.457 e. The van der Waals surface area contributed by atoms with E-state index in [0.29, 0.717) is 0 Å². The molecule has 0 amide bonds. The number of rotatable bonds is 2. The van der Waals surface area contributed by atoms with Crippen LogP contribution in [0, 0.1) is 0 Å². The van der Waals surface area contributed by atoms with Crippen LogP contribution in [0.5, 0.6) is 11.5 Å². The molecule has 0 N–H and O–H groups in total. The van der Waals surface area contributed by atoms with Crippen molar-refractivity contribution in [3.05, 3.63) is 145 Å². The first-order chi connectivity index (χ1) is 20.8. The Bertz CT molecular complexity index is 2020. The van der Waals surface area contributed by atoms with Crippen molar-refractivity contribution in [2.45, 2.75) is 20.3 Å². The van der Waals surface area contributed by atoms with Crippen LogP contribution in [0.4, 0.5) is 0 Å². The Morgan fingerprint density at radius 2 is 0.762 bits per heavy atom. The zero-order valence-electron chi connectivity index (χ0n) is 23.7. The van der Waals surface area contributed by atoms with Crippen molar-refractivity contribution < 1.29 is 4.74 Å². The fraction of sp³-hybridized carbons (Fsp3) is 0.0769. The third-order valence-electron chi connectivity index (χ3n) is 8.37. The predicted octanol–water partition coefficient (Wildman–Crippen LogP) is 10.6. The molecular weight excluding hydrogens is 512 g/mol. The molecule has 2 aromatic heterocycles. The van der Waals surface area contributed by atoms with Crippen LogP contribution in [0.2, 0.25) is 0 Å². The number of ether oxygens (including phenoxy) is 1. The maximum absolute atomic E-state index is 6.45. The first kappa shape index (κ1) is 24.5. The lowest BCUT2D eigenvalue weighted by molar-refractivity contribution is 0.460. The van der Waals surface area contributed by atoms with Crippen LogP contribution in [0.3, 0.4) is 0 Å². The van der Waals surface area contributed by atoms with Gasteiger partial charge in [0.05, 0.1) is 22.1 Å². The first-order valence-electron chi connectivity index (χ1n) is 14.7. The SMILES string of the molecule is CC.c1ccc2c(c1)c1ccccc1n2-c1ccc2c(c1)Cc1cc(-n3c4ccccc4c4ccccc43)ccc1O2. The molecule has 0 radical (unpaired) electrons. The zero-order chi connectivity index (χ0) is 28.2. The number of benzene rings is 6. The van der Waals surface area contributed by atoms with Crippen molar-refractivity contribution in [2.75, 3.05) is 0 Å². The summed E-state index contributed by atoms with van der Waals surface area (Å²) < 4.78 is 11.2. The first-order valence-corrected chi connectivity index (χ1v) is 14.7. The summed E-state index contributed by atoms with van der Waals surface area (Å²) >= 11 is 0. The number of para-hydroxylation sites is 4. The molecule has 0 spiro atoms. The van der Waals surface area contributed by atoms with Crippen LogP contribution in [0.1, 0.15) is 25.0 Å². The topological polar surface area (TPSA) is 19.1 Å². The van der Waals surface area contributed by atoms with Crippen LogP contribution >= 0.6 is 0 Å². The van der Waals surface area contributed by atoms with Gasteiger partial charge < -0.3 is 13.9 Å². The smallest absolute Gasteiger partial charge is 0.131 e. The standard InChI is InChI=1S/C37H24N2O.C2H6/c1-5-13-32-28(9-1)29-10-2-6-14-33(29)38(32)26-17-19-36-24(22-26)21-25-23-27(18-20-37(25)40-36)39-34-15-7-3-11-30(34)31-12-4-8-16-35(31)39;1-2/h1-20,22-23H,21H2;1-2H3. The van der Waals surface area contributed by atoms with E-state index in [1.165, 1.54) is 54.7 Å². The van der Waals surface area contributed by atoms with Gasteiger partial charge in [-0.2, -0.15) is 0 Å². The van der Waals surface area contributed by atoms with Crippen LogP contribution < -0.4 is 4.74 Å². The lowest BCUT2D eigenvalue weighted by Gasteiger charge is -2.22. The van der Waals surface area contributed by atoms with E-state index >= 15 is 0 Å². The molecule has 0 aliphatic carbocycles. The number of aromatic nitrogens is 2. The molecule has 3 heterocycles. The predicted molar refractivity (Wildman–Crippen MR) is 176 cm³/mol. The van der Waals surface area contributed by atoms with Gasteiger partial charge in [-0.3, -0.25) is 0 Å². The second kappa shape index (κ2) is 9.67. The second-order valence-electron chi connectivity index (χ2n) is 10.6. The van der Waals surface area contributed by atoms with E-state index in [1.54, 1.807) is 0 Å². The lowest BCUT2D eigenvalue weighted by atomic mass is 9.99. The summed E-state index contributed by atoms with van der Waals surface area (Å²) in [5, 5.41) is 5.09. The van der Waals surface area contributed by atoms with Gasteiger partial charge in [0.1, 0.15) is 11.5 Å². The summed E-state index contributed by atoms with van der Waals surface area (Å²) in [6.07, 6.45) is 0.820. The number of nitrogens with zero attached hydrogens (tertiary/aromatic N) is 2. The molecule has 0 unspecified atom stereocenters. The lowest BCUT2D eigenvalue weighted by Crippen LogP contribution is -2.06. The second-order valence-corrected chi connectivity index (χ2v) is 10.6. The monoisotopic (exact) mass is 542 g/mol. The fourth-order valence-corrected chi connectivity index (χ4v) is 6.61. The average molecular weight is 543 g/mol. The summed E-state index contributed by atoms with van der Waals surface area (Å²) in [5.41, 5.74) is 9.58. The minimum Gasteiger partial charge on any atom is -0.457 e. The molecule has 0 fully saturated rings. The van der Waals surface area contributed by atoms with Gasteiger partial charge in [0.25, 0.3) is 0 Å². The van der Waals surface area contributed by atoms with Gasteiger partial charge in [-0.05, 0) is 60.7 Å². The number of hydrogen-bond acceptors (Lipinski definition) is 1. The van der Waals surface area contributed by atoms with Crippen LogP contribution in [0.25, 0.3) is 55.0 Å². The van der Waals surface area contributed by atoms with E-state index in [9.17, 15) is 0 Å². The fourth-order valence-electron chi connectivity index (χ4n) is 6.61. The van der Waals surface area contributed by atoms with Crippen molar-refractivity contribution >= 4 is 43.6 Å². The van der Waals surface area contributed by atoms with Gasteiger partial charge in [-0.15, -0.1) is 0 Å². The van der Waals surface area contributed by atoms with E-state index in [4.69, 9.17) is 4.74 Å². The highest BCUT2D eigenvalue weighted by molar-refractivity contribution is 6.10. The van der Waals surface area contributed by atoms with Crippen LogP contribution in [0.15, 0.2) is 133 Å². The van der Waals surface area contributed by atoms with Crippen molar-refractivity contribution in [1.29, 1.82) is 0 Å². The van der Waals surface area contributed by atoms with E-state index < -0.39 is 0 Å². The molecular formula is C39H30N2O. The zero-order valence-corrected chi connectivity index (χ0v) is 23.7. The Hall–Kier alpha value is -5.28. The third kappa shape index (κ3) is 3.60. The Labute approximate surface area is 244 Å². The Morgan fingerprint density at radius 3 is 1.12 bits per heavy atom. The Morgan fingerprint density at radius 1 is 0.429 bits per heavy atom. The summed E-state index contributed by atoms with van der Waals surface area (Å²) in [6, 6.07) is 47.8. The van der Waals surface area contributed by atoms with Gasteiger partial charge in [0, 0.05) is 50.5 Å². The molecule has 0 saturated heterocycles. The molecule has 0 saturated carbocycles. The summed E-state index contributed by atoms with van der Waals surface area (Å²) in [6.45, 7) is 4.00. The molecule has 1 aliphatic rings. The molecule has 0 atom stereocenters. The Kier molecular flexibility index (Phi) is 5.65. The maximum atomic E-state index is 6.45. The highest BCUT2D eigenvalue weighted by atomic mass is 16.5. The van der Waals surface area contributed by atoms with Crippen molar-refractivity contribution in [3.63, 3.8) is 0 Å². The summed E-state index contributed by atoms with van der Waals surface area (Å²) in [5.74, 6) is 1.86. The molecule has 3 nitrogen and oxygen atoms in total. The van der Waals surface area contributed by atoms with Crippen LogP contribution in [-0.2, 0) is 6.42 Å². The molecule has 1 aliphatic heterocycles. The molecule has 6 aromatic carbocycles. The normalized spacial score (nSPS) is 12.1. The van der Waals surface area contributed by atoms with Gasteiger partial charge in [0.15, 0.2) is 0 Å². The number of hydrogen-bond donors (Lipinski definition) is 0. The van der Waals surface area contributed by atoms with E-state index in [1.807, 2.05) is 13.8 Å². The minimum atomic E-state index is 0.820. The maximum Gasteiger partial charge on any atom is 0.131 e. The minimum absolute atomic E-state index is 0.820.